The number of hydrogen-bond donors (Lipinski definition) is 0. The van der Waals surface area contributed by atoms with Gasteiger partial charge in [0.1, 0.15) is 5.69 Å². The third kappa shape index (κ3) is 2.93. The summed E-state index contributed by atoms with van der Waals surface area (Å²) in [5, 5.41) is 0. The Bertz CT molecular complexity index is 924. The SMILES string of the molecule is COC(=O)c1ccnc(-c2ncn(C)c2-c2ccc(C3CC3)cc2)c1. The number of rotatable bonds is 4. The molecule has 3 aromatic rings. The lowest BCUT2D eigenvalue weighted by Gasteiger charge is -2.08. The lowest BCUT2D eigenvalue weighted by molar-refractivity contribution is 0.0600. The number of methoxy groups -OCH3 is 1. The van der Waals surface area contributed by atoms with Gasteiger partial charge in [-0.25, -0.2) is 9.78 Å². The Labute approximate surface area is 146 Å². The molecule has 1 aliphatic rings. The number of pyridine rings is 1. The van der Waals surface area contributed by atoms with Crippen LogP contribution in [0, 0.1) is 0 Å². The van der Waals surface area contributed by atoms with Gasteiger partial charge < -0.3 is 9.30 Å². The number of benzene rings is 1. The summed E-state index contributed by atoms with van der Waals surface area (Å²) in [7, 11) is 3.33. The number of aromatic nitrogens is 3. The molecule has 25 heavy (non-hydrogen) atoms. The zero-order chi connectivity index (χ0) is 17.4. The highest BCUT2D eigenvalue weighted by molar-refractivity contribution is 5.91. The average molecular weight is 333 g/mol. The zero-order valence-corrected chi connectivity index (χ0v) is 14.3. The predicted octanol–water partition coefficient (Wildman–Crippen LogP) is 3.81. The molecule has 0 spiro atoms. The van der Waals surface area contributed by atoms with Gasteiger partial charge in [0.15, 0.2) is 0 Å². The van der Waals surface area contributed by atoms with Gasteiger partial charge in [0, 0.05) is 18.8 Å². The van der Waals surface area contributed by atoms with E-state index in [4.69, 9.17) is 4.74 Å². The van der Waals surface area contributed by atoms with Crippen LogP contribution >= 0.6 is 0 Å². The predicted molar refractivity (Wildman–Crippen MR) is 95.2 cm³/mol. The molecule has 0 saturated heterocycles. The smallest absolute Gasteiger partial charge is 0.337 e. The maximum atomic E-state index is 11.8. The van der Waals surface area contributed by atoms with Crippen LogP contribution in [0.2, 0.25) is 0 Å². The molecule has 0 amide bonds. The molecule has 0 atom stereocenters. The molecule has 0 aliphatic heterocycles. The Morgan fingerprint density at radius 1 is 1.16 bits per heavy atom. The van der Waals surface area contributed by atoms with Gasteiger partial charge in [-0.3, -0.25) is 4.98 Å². The van der Waals surface area contributed by atoms with E-state index in [0.717, 1.165) is 22.9 Å². The molecule has 126 valence electrons. The van der Waals surface area contributed by atoms with Crippen LogP contribution in [0.15, 0.2) is 48.9 Å². The first-order chi connectivity index (χ1) is 12.2. The maximum absolute atomic E-state index is 11.8. The van der Waals surface area contributed by atoms with E-state index in [1.165, 1.54) is 25.5 Å². The van der Waals surface area contributed by atoms with Crippen LogP contribution in [0.3, 0.4) is 0 Å². The number of hydrogen-bond acceptors (Lipinski definition) is 4. The van der Waals surface area contributed by atoms with Crippen molar-refractivity contribution in [3.05, 3.63) is 60.0 Å². The van der Waals surface area contributed by atoms with E-state index >= 15 is 0 Å². The van der Waals surface area contributed by atoms with E-state index in [1.807, 2.05) is 11.6 Å². The number of ether oxygens (including phenoxy) is 1. The van der Waals surface area contributed by atoms with Crippen molar-refractivity contribution in [2.24, 2.45) is 7.05 Å². The fourth-order valence-corrected chi connectivity index (χ4v) is 3.09. The Morgan fingerprint density at radius 2 is 1.92 bits per heavy atom. The quantitative estimate of drug-likeness (QED) is 0.681. The second-order valence-corrected chi connectivity index (χ2v) is 6.37. The van der Waals surface area contributed by atoms with Crippen molar-refractivity contribution < 1.29 is 9.53 Å². The first-order valence-electron chi connectivity index (χ1n) is 8.34. The largest absolute Gasteiger partial charge is 0.465 e. The number of esters is 1. The minimum atomic E-state index is -0.380. The number of aryl methyl sites for hydroxylation is 1. The maximum Gasteiger partial charge on any atom is 0.337 e. The summed E-state index contributed by atoms with van der Waals surface area (Å²) in [6.45, 7) is 0. The second kappa shape index (κ2) is 6.16. The summed E-state index contributed by atoms with van der Waals surface area (Å²) in [6, 6.07) is 12.0. The van der Waals surface area contributed by atoms with Crippen molar-refractivity contribution in [2.75, 3.05) is 7.11 Å². The van der Waals surface area contributed by atoms with E-state index in [2.05, 4.69) is 34.2 Å². The van der Waals surface area contributed by atoms with E-state index in [1.54, 1.807) is 24.7 Å². The van der Waals surface area contributed by atoms with Crippen LogP contribution in [0.5, 0.6) is 0 Å². The topological polar surface area (TPSA) is 57.0 Å². The minimum Gasteiger partial charge on any atom is -0.465 e. The van der Waals surface area contributed by atoms with Gasteiger partial charge in [-0.2, -0.15) is 0 Å². The van der Waals surface area contributed by atoms with Crippen molar-refractivity contribution in [3.8, 4) is 22.6 Å². The molecule has 1 aromatic carbocycles. The number of carbonyl (C=O) groups is 1. The Hall–Kier alpha value is -2.95. The van der Waals surface area contributed by atoms with E-state index in [9.17, 15) is 4.79 Å². The highest BCUT2D eigenvalue weighted by Gasteiger charge is 2.23. The fraction of sp³-hybridized carbons (Fsp3) is 0.250. The lowest BCUT2D eigenvalue weighted by atomic mass is 10.0. The summed E-state index contributed by atoms with van der Waals surface area (Å²) >= 11 is 0. The Morgan fingerprint density at radius 3 is 2.60 bits per heavy atom. The molecule has 1 aliphatic carbocycles. The van der Waals surface area contributed by atoms with E-state index in [-0.39, 0.29) is 5.97 Å². The van der Waals surface area contributed by atoms with Crippen molar-refractivity contribution in [1.29, 1.82) is 0 Å². The molecule has 0 bridgehead atoms. The van der Waals surface area contributed by atoms with E-state index in [0.29, 0.717) is 11.3 Å². The third-order valence-electron chi connectivity index (χ3n) is 4.59. The fourth-order valence-electron chi connectivity index (χ4n) is 3.09. The molecular weight excluding hydrogens is 314 g/mol. The van der Waals surface area contributed by atoms with Gasteiger partial charge in [0.25, 0.3) is 0 Å². The van der Waals surface area contributed by atoms with Gasteiger partial charge in [-0.05, 0) is 36.5 Å². The second-order valence-electron chi connectivity index (χ2n) is 6.37. The van der Waals surface area contributed by atoms with Crippen LogP contribution in [0.1, 0.15) is 34.7 Å². The first-order valence-corrected chi connectivity index (χ1v) is 8.34. The standard InChI is InChI=1S/C20H19N3O2/c1-23-12-22-18(17-11-16(9-10-21-17)20(24)25-2)19(23)15-7-5-14(6-8-15)13-3-4-13/h5-13H,3-4H2,1-2H3. The molecule has 0 radical (unpaired) electrons. The zero-order valence-electron chi connectivity index (χ0n) is 14.3. The Balaban J connectivity index is 1.76. The van der Waals surface area contributed by atoms with Gasteiger partial charge in [-0.15, -0.1) is 0 Å². The normalized spacial score (nSPS) is 13.7. The van der Waals surface area contributed by atoms with Crippen LogP contribution in [0.4, 0.5) is 0 Å². The summed E-state index contributed by atoms with van der Waals surface area (Å²) in [5.74, 6) is 0.355. The van der Waals surface area contributed by atoms with E-state index < -0.39 is 0 Å². The highest BCUT2D eigenvalue weighted by Crippen LogP contribution is 2.41. The van der Waals surface area contributed by atoms with Crippen molar-refractivity contribution in [3.63, 3.8) is 0 Å². The molecule has 0 N–H and O–H groups in total. The molecular formula is C20H19N3O2. The Kier molecular flexibility index (Phi) is 3.84. The third-order valence-corrected chi connectivity index (χ3v) is 4.59. The van der Waals surface area contributed by atoms with Gasteiger partial charge in [0.05, 0.1) is 30.4 Å². The summed E-state index contributed by atoms with van der Waals surface area (Å²) in [5.41, 5.74) is 5.35. The van der Waals surface area contributed by atoms with Crippen LogP contribution < -0.4 is 0 Å². The number of carbonyl (C=O) groups excluding carboxylic acids is 1. The van der Waals surface area contributed by atoms with Crippen molar-refractivity contribution in [1.82, 2.24) is 14.5 Å². The molecule has 1 saturated carbocycles. The molecule has 0 unspecified atom stereocenters. The summed E-state index contributed by atoms with van der Waals surface area (Å²) in [4.78, 5) is 20.7. The lowest BCUT2D eigenvalue weighted by Crippen LogP contribution is -2.02. The van der Waals surface area contributed by atoms with Crippen LogP contribution in [-0.2, 0) is 11.8 Å². The van der Waals surface area contributed by atoms with Gasteiger partial charge in [0.2, 0.25) is 0 Å². The van der Waals surface area contributed by atoms with Crippen LogP contribution in [-0.4, -0.2) is 27.6 Å². The van der Waals surface area contributed by atoms with Gasteiger partial charge in [-0.1, -0.05) is 24.3 Å². The van der Waals surface area contributed by atoms with Crippen molar-refractivity contribution in [2.45, 2.75) is 18.8 Å². The van der Waals surface area contributed by atoms with Crippen LogP contribution in [0.25, 0.3) is 22.6 Å². The van der Waals surface area contributed by atoms with Gasteiger partial charge >= 0.3 is 5.97 Å². The molecule has 5 nitrogen and oxygen atoms in total. The molecule has 2 aromatic heterocycles. The monoisotopic (exact) mass is 333 g/mol. The van der Waals surface area contributed by atoms with Crippen molar-refractivity contribution >= 4 is 5.97 Å². The molecule has 5 heteroatoms. The summed E-state index contributed by atoms with van der Waals surface area (Å²) in [6.07, 6.45) is 5.96. The number of nitrogens with zero attached hydrogens (tertiary/aromatic N) is 3. The first kappa shape index (κ1) is 15.6. The molecule has 2 heterocycles. The number of imidazole rings is 1. The summed E-state index contributed by atoms with van der Waals surface area (Å²) < 4.78 is 6.78. The molecule has 4 rings (SSSR count). The minimum absolute atomic E-state index is 0.380. The average Bonchev–Trinajstić information content (AvgIpc) is 3.43. The highest BCUT2D eigenvalue weighted by atomic mass is 16.5. The molecule has 1 fully saturated rings.